The van der Waals surface area contributed by atoms with E-state index in [0.29, 0.717) is 6.04 Å². The molecule has 0 spiro atoms. The van der Waals surface area contributed by atoms with Crippen molar-refractivity contribution in [1.29, 1.82) is 0 Å². The Labute approximate surface area is 140 Å². The third-order valence-electron chi connectivity index (χ3n) is 4.51. The van der Waals surface area contributed by atoms with Crippen molar-refractivity contribution in [2.45, 2.75) is 71.1 Å². The van der Waals surface area contributed by atoms with Gasteiger partial charge < -0.3 is 15.0 Å². The zero-order chi connectivity index (χ0) is 16.8. The van der Waals surface area contributed by atoms with Crippen LogP contribution in [0.25, 0.3) is 0 Å². The Morgan fingerprint density at radius 1 is 1.22 bits per heavy atom. The van der Waals surface area contributed by atoms with Crippen molar-refractivity contribution in [1.82, 2.24) is 10.2 Å². The minimum atomic E-state index is -0.0377. The minimum absolute atomic E-state index is 0.0135. The lowest BCUT2D eigenvalue weighted by molar-refractivity contribution is 0.171. The molecule has 2 rings (SSSR count). The van der Waals surface area contributed by atoms with E-state index in [9.17, 15) is 4.79 Å². The number of benzene rings is 1. The highest BCUT2D eigenvalue weighted by Gasteiger charge is 2.23. The lowest BCUT2D eigenvalue weighted by Crippen LogP contribution is -2.45. The van der Waals surface area contributed by atoms with Gasteiger partial charge in [0.2, 0.25) is 0 Å². The Balaban J connectivity index is 1.94. The molecule has 1 aliphatic rings. The highest BCUT2D eigenvalue weighted by atomic mass is 16.5. The van der Waals surface area contributed by atoms with Crippen LogP contribution in [0.15, 0.2) is 24.3 Å². The molecule has 2 amide bonds. The maximum atomic E-state index is 12.5. The standard InChI is InChI=1S/C19H30N2O2/c1-14(2)23-18-12-8-9-16(13-18)15(3)20-19(22)21(4)17-10-6-5-7-11-17/h8-9,12-15,17H,5-7,10-11H2,1-4H3,(H,20,22). The van der Waals surface area contributed by atoms with Crippen LogP contribution in [-0.2, 0) is 0 Å². The molecule has 0 heterocycles. The second-order valence-corrected chi connectivity index (χ2v) is 6.81. The maximum Gasteiger partial charge on any atom is 0.317 e. The van der Waals surface area contributed by atoms with Gasteiger partial charge in [-0.2, -0.15) is 0 Å². The SMILES string of the molecule is CC(C)Oc1cccc(C(C)NC(=O)N(C)C2CCCCC2)c1. The topological polar surface area (TPSA) is 41.6 Å². The molecule has 1 N–H and O–H groups in total. The van der Waals surface area contributed by atoms with Crippen molar-refractivity contribution in [2.75, 3.05) is 7.05 Å². The first kappa shape index (κ1) is 17.6. The van der Waals surface area contributed by atoms with Gasteiger partial charge in [-0.15, -0.1) is 0 Å². The number of hydrogen-bond donors (Lipinski definition) is 1. The van der Waals surface area contributed by atoms with E-state index in [2.05, 4.69) is 5.32 Å². The lowest BCUT2D eigenvalue weighted by atomic mass is 9.95. The summed E-state index contributed by atoms with van der Waals surface area (Å²) >= 11 is 0. The summed E-state index contributed by atoms with van der Waals surface area (Å²) in [6, 6.07) is 8.31. The van der Waals surface area contributed by atoms with Gasteiger partial charge in [-0.05, 0) is 51.3 Å². The van der Waals surface area contributed by atoms with Crippen LogP contribution in [0.3, 0.4) is 0 Å². The first-order valence-electron chi connectivity index (χ1n) is 8.77. The fraction of sp³-hybridized carbons (Fsp3) is 0.632. The predicted octanol–water partition coefficient (Wildman–Crippen LogP) is 4.51. The Morgan fingerprint density at radius 3 is 2.57 bits per heavy atom. The van der Waals surface area contributed by atoms with Gasteiger partial charge in [-0.1, -0.05) is 31.4 Å². The van der Waals surface area contributed by atoms with Crippen LogP contribution >= 0.6 is 0 Å². The van der Waals surface area contributed by atoms with Gasteiger partial charge in [0, 0.05) is 13.1 Å². The Hall–Kier alpha value is -1.71. The number of rotatable bonds is 5. The summed E-state index contributed by atoms with van der Waals surface area (Å²) in [6.45, 7) is 6.04. The van der Waals surface area contributed by atoms with Crippen molar-refractivity contribution < 1.29 is 9.53 Å². The van der Waals surface area contributed by atoms with Gasteiger partial charge in [-0.25, -0.2) is 4.79 Å². The van der Waals surface area contributed by atoms with Gasteiger partial charge in [0.15, 0.2) is 0 Å². The molecule has 1 aromatic rings. The van der Waals surface area contributed by atoms with Gasteiger partial charge in [0.1, 0.15) is 5.75 Å². The molecule has 1 atom stereocenters. The molecule has 0 saturated heterocycles. The van der Waals surface area contributed by atoms with E-state index in [-0.39, 0.29) is 18.2 Å². The Kier molecular flexibility index (Phi) is 6.31. The molecule has 0 aromatic heterocycles. The summed E-state index contributed by atoms with van der Waals surface area (Å²) in [6.07, 6.45) is 6.14. The van der Waals surface area contributed by atoms with Gasteiger partial charge in [0.05, 0.1) is 12.1 Å². The van der Waals surface area contributed by atoms with E-state index < -0.39 is 0 Å². The summed E-state index contributed by atoms with van der Waals surface area (Å²) in [7, 11) is 1.91. The van der Waals surface area contributed by atoms with Gasteiger partial charge in [0.25, 0.3) is 0 Å². The number of carbonyl (C=O) groups excluding carboxylic acids is 1. The predicted molar refractivity (Wildman–Crippen MR) is 93.8 cm³/mol. The molecular weight excluding hydrogens is 288 g/mol. The maximum absolute atomic E-state index is 12.5. The number of urea groups is 1. The van der Waals surface area contributed by atoms with Crippen LogP contribution in [0, 0.1) is 0 Å². The highest BCUT2D eigenvalue weighted by Crippen LogP contribution is 2.23. The molecule has 1 saturated carbocycles. The monoisotopic (exact) mass is 318 g/mol. The fourth-order valence-corrected chi connectivity index (χ4v) is 3.13. The number of hydrogen-bond acceptors (Lipinski definition) is 2. The number of carbonyl (C=O) groups is 1. The van der Waals surface area contributed by atoms with Crippen LogP contribution in [-0.4, -0.2) is 30.1 Å². The zero-order valence-corrected chi connectivity index (χ0v) is 14.8. The first-order chi connectivity index (χ1) is 11.0. The van der Waals surface area contributed by atoms with Gasteiger partial charge in [-0.3, -0.25) is 0 Å². The van der Waals surface area contributed by atoms with Crippen molar-refractivity contribution in [3.63, 3.8) is 0 Å². The molecule has 4 heteroatoms. The molecule has 1 unspecified atom stereocenters. The number of nitrogens with zero attached hydrogens (tertiary/aromatic N) is 1. The molecule has 0 bridgehead atoms. The summed E-state index contributed by atoms with van der Waals surface area (Å²) in [5.41, 5.74) is 1.06. The van der Waals surface area contributed by atoms with Crippen LogP contribution in [0.5, 0.6) is 5.75 Å². The van der Waals surface area contributed by atoms with Crippen LogP contribution in [0.2, 0.25) is 0 Å². The molecule has 1 aromatic carbocycles. The smallest absolute Gasteiger partial charge is 0.317 e. The summed E-state index contributed by atoms with van der Waals surface area (Å²) < 4.78 is 5.73. The van der Waals surface area contributed by atoms with Crippen molar-refractivity contribution in [2.24, 2.45) is 0 Å². The molecule has 128 valence electrons. The molecule has 1 aliphatic carbocycles. The molecule has 0 radical (unpaired) electrons. The van der Waals surface area contributed by atoms with Crippen LogP contribution in [0.1, 0.15) is 64.5 Å². The second-order valence-electron chi connectivity index (χ2n) is 6.81. The molecule has 4 nitrogen and oxygen atoms in total. The average molecular weight is 318 g/mol. The van der Waals surface area contributed by atoms with Crippen molar-refractivity contribution >= 4 is 6.03 Å². The third-order valence-corrected chi connectivity index (χ3v) is 4.51. The second kappa shape index (κ2) is 8.23. The van der Waals surface area contributed by atoms with Crippen molar-refractivity contribution in [3.05, 3.63) is 29.8 Å². The van der Waals surface area contributed by atoms with Crippen LogP contribution in [0.4, 0.5) is 4.79 Å². The average Bonchev–Trinajstić information content (AvgIpc) is 2.54. The van der Waals surface area contributed by atoms with E-state index in [1.807, 2.05) is 57.0 Å². The fourth-order valence-electron chi connectivity index (χ4n) is 3.13. The van der Waals surface area contributed by atoms with Crippen LogP contribution < -0.4 is 10.1 Å². The highest BCUT2D eigenvalue weighted by molar-refractivity contribution is 5.74. The third kappa shape index (κ3) is 5.15. The summed E-state index contributed by atoms with van der Waals surface area (Å²) in [5, 5.41) is 3.11. The summed E-state index contributed by atoms with van der Waals surface area (Å²) in [4.78, 5) is 14.4. The first-order valence-corrected chi connectivity index (χ1v) is 8.77. The minimum Gasteiger partial charge on any atom is -0.491 e. The van der Waals surface area contributed by atoms with E-state index >= 15 is 0 Å². The molecule has 1 fully saturated rings. The zero-order valence-electron chi connectivity index (χ0n) is 14.8. The van der Waals surface area contributed by atoms with Gasteiger partial charge >= 0.3 is 6.03 Å². The van der Waals surface area contributed by atoms with E-state index in [1.165, 1.54) is 19.3 Å². The van der Waals surface area contributed by atoms with E-state index in [4.69, 9.17) is 4.74 Å². The molecule has 23 heavy (non-hydrogen) atoms. The lowest BCUT2D eigenvalue weighted by Gasteiger charge is -2.32. The molecular formula is C19H30N2O2. The number of amides is 2. The van der Waals surface area contributed by atoms with Crippen molar-refractivity contribution in [3.8, 4) is 5.75 Å². The van der Waals surface area contributed by atoms with E-state index in [0.717, 1.165) is 24.2 Å². The quantitative estimate of drug-likeness (QED) is 0.868. The molecule has 0 aliphatic heterocycles. The normalized spacial score (nSPS) is 16.9. The largest absolute Gasteiger partial charge is 0.491 e. The van der Waals surface area contributed by atoms with E-state index in [1.54, 1.807) is 0 Å². The number of ether oxygens (including phenoxy) is 1. The summed E-state index contributed by atoms with van der Waals surface area (Å²) in [5.74, 6) is 0.847. The Bertz CT molecular complexity index is 510. The number of nitrogens with one attached hydrogen (secondary N) is 1. The Morgan fingerprint density at radius 2 is 1.91 bits per heavy atom.